The molecule has 5 nitrogen and oxygen atoms in total. The zero-order chi connectivity index (χ0) is 15.9. The Kier molecular flexibility index (Phi) is 3.38. The molecule has 0 saturated carbocycles. The maximum Gasteiger partial charge on any atom is 0.288 e. The van der Waals surface area contributed by atoms with E-state index in [0.29, 0.717) is 16.8 Å². The SMILES string of the molecule is O=C1Nc2cc(Cl)c([N+](=O)[O-])cc2/C1=C\c1ccc(F)cc1. The molecule has 0 aliphatic carbocycles. The molecule has 0 unspecified atom stereocenters. The molecule has 1 N–H and O–H groups in total. The van der Waals surface area contributed by atoms with E-state index >= 15 is 0 Å². The first-order chi connectivity index (χ1) is 10.5. The third-order valence-corrected chi connectivity index (χ3v) is 3.55. The smallest absolute Gasteiger partial charge is 0.288 e. The van der Waals surface area contributed by atoms with Crippen molar-refractivity contribution in [2.75, 3.05) is 5.32 Å². The van der Waals surface area contributed by atoms with E-state index in [9.17, 15) is 19.3 Å². The molecule has 1 aliphatic heterocycles. The number of hydrogen-bond donors (Lipinski definition) is 1. The Labute approximate surface area is 129 Å². The predicted molar refractivity (Wildman–Crippen MR) is 81.0 cm³/mol. The first kappa shape index (κ1) is 14.2. The van der Waals surface area contributed by atoms with Crippen molar-refractivity contribution >= 4 is 40.5 Å². The van der Waals surface area contributed by atoms with Gasteiger partial charge in [-0.3, -0.25) is 14.9 Å². The number of nitro benzene ring substituents is 1. The highest BCUT2D eigenvalue weighted by molar-refractivity contribution is 6.37. The number of anilines is 1. The molecule has 0 spiro atoms. The van der Waals surface area contributed by atoms with E-state index in [2.05, 4.69) is 5.32 Å². The van der Waals surface area contributed by atoms with Crippen LogP contribution in [0.2, 0.25) is 5.02 Å². The van der Waals surface area contributed by atoms with E-state index in [1.165, 1.54) is 42.5 Å². The van der Waals surface area contributed by atoms with Crippen LogP contribution in [0, 0.1) is 15.9 Å². The third kappa shape index (κ3) is 2.44. The Bertz CT molecular complexity index is 831. The lowest BCUT2D eigenvalue weighted by Crippen LogP contribution is -2.03. The summed E-state index contributed by atoms with van der Waals surface area (Å²) in [5, 5.41) is 13.5. The number of fused-ring (bicyclic) bond motifs is 1. The predicted octanol–water partition coefficient (Wildman–Crippen LogP) is 3.88. The summed E-state index contributed by atoms with van der Waals surface area (Å²) in [6, 6.07) is 8.16. The quantitative estimate of drug-likeness (QED) is 0.519. The molecule has 0 aromatic heterocycles. The molecule has 2 aromatic carbocycles. The van der Waals surface area contributed by atoms with E-state index in [4.69, 9.17) is 11.6 Å². The van der Waals surface area contributed by atoms with Crippen LogP contribution in [0.5, 0.6) is 0 Å². The first-order valence-electron chi connectivity index (χ1n) is 6.22. The van der Waals surface area contributed by atoms with Crippen molar-refractivity contribution in [1.82, 2.24) is 0 Å². The van der Waals surface area contributed by atoms with Crippen molar-refractivity contribution in [3.8, 4) is 0 Å². The highest BCUT2D eigenvalue weighted by atomic mass is 35.5. The lowest BCUT2D eigenvalue weighted by atomic mass is 10.0. The Morgan fingerprint density at radius 3 is 2.55 bits per heavy atom. The third-order valence-electron chi connectivity index (χ3n) is 3.25. The second-order valence-corrected chi connectivity index (χ2v) is 5.08. The normalized spacial score (nSPS) is 14.8. The Morgan fingerprint density at radius 1 is 1.23 bits per heavy atom. The topological polar surface area (TPSA) is 72.2 Å². The van der Waals surface area contributed by atoms with E-state index < -0.39 is 10.8 Å². The largest absolute Gasteiger partial charge is 0.321 e. The lowest BCUT2D eigenvalue weighted by Gasteiger charge is -2.01. The van der Waals surface area contributed by atoms with Crippen LogP contribution in [0.4, 0.5) is 15.8 Å². The van der Waals surface area contributed by atoms with Gasteiger partial charge in [-0.2, -0.15) is 0 Å². The van der Waals surface area contributed by atoms with Crippen molar-refractivity contribution in [3.63, 3.8) is 0 Å². The molecule has 0 saturated heterocycles. The van der Waals surface area contributed by atoms with E-state index in [1.807, 2.05) is 0 Å². The minimum absolute atomic E-state index is 0.0490. The van der Waals surface area contributed by atoms with Crippen LogP contribution in [-0.4, -0.2) is 10.8 Å². The lowest BCUT2D eigenvalue weighted by molar-refractivity contribution is -0.384. The van der Waals surface area contributed by atoms with E-state index in [-0.39, 0.29) is 22.1 Å². The molecule has 0 radical (unpaired) electrons. The Balaban J connectivity index is 2.12. The van der Waals surface area contributed by atoms with E-state index in [1.54, 1.807) is 0 Å². The molecule has 3 rings (SSSR count). The monoisotopic (exact) mass is 318 g/mol. The molecule has 0 atom stereocenters. The number of halogens is 2. The minimum Gasteiger partial charge on any atom is -0.321 e. The summed E-state index contributed by atoms with van der Waals surface area (Å²) < 4.78 is 12.9. The van der Waals surface area contributed by atoms with Gasteiger partial charge in [0.15, 0.2) is 0 Å². The number of nitro groups is 1. The molecule has 0 fully saturated rings. The second kappa shape index (κ2) is 5.23. The van der Waals surface area contributed by atoms with Crippen molar-refractivity contribution < 1.29 is 14.1 Å². The van der Waals surface area contributed by atoms with Crippen LogP contribution in [-0.2, 0) is 4.79 Å². The minimum atomic E-state index is -0.610. The van der Waals surface area contributed by atoms with Crippen molar-refractivity contribution in [3.05, 3.63) is 68.5 Å². The van der Waals surface area contributed by atoms with Gasteiger partial charge in [-0.15, -0.1) is 0 Å². The number of benzene rings is 2. The maximum absolute atomic E-state index is 12.9. The van der Waals surface area contributed by atoms with Gasteiger partial charge in [-0.1, -0.05) is 23.7 Å². The highest BCUT2D eigenvalue weighted by Crippen LogP contribution is 2.39. The fourth-order valence-electron chi connectivity index (χ4n) is 2.21. The fourth-order valence-corrected chi connectivity index (χ4v) is 2.44. The molecule has 1 heterocycles. The Morgan fingerprint density at radius 2 is 1.91 bits per heavy atom. The van der Waals surface area contributed by atoms with Crippen LogP contribution in [0.1, 0.15) is 11.1 Å². The van der Waals surface area contributed by atoms with E-state index in [0.717, 1.165) is 0 Å². The average Bonchev–Trinajstić information content (AvgIpc) is 2.75. The molecule has 1 amide bonds. The molecule has 22 heavy (non-hydrogen) atoms. The number of carbonyl (C=O) groups excluding carboxylic acids is 1. The molecule has 7 heteroatoms. The van der Waals surface area contributed by atoms with Crippen LogP contribution in [0.25, 0.3) is 11.6 Å². The zero-order valence-corrected chi connectivity index (χ0v) is 11.7. The average molecular weight is 319 g/mol. The summed E-state index contributed by atoms with van der Waals surface area (Å²) in [4.78, 5) is 22.4. The number of nitrogens with zero attached hydrogens (tertiary/aromatic N) is 1. The molecule has 2 aromatic rings. The molecule has 1 aliphatic rings. The van der Waals surface area contributed by atoms with Crippen LogP contribution < -0.4 is 5.32 Å². The molecule has 110 valence electrons. The van der Waals surface area contributed by atoms with Gasteiger partial charge in [0, 0.05) is 17.2 Å². The van der Waals surface area contributed by atoms with Gasteiger partial charge >= 0.3 is 0 Å². The van der Waals surface area contributed by atoms with Gasteiger partial charge in [-0.05, 0) is 29.8 Å². The number of hydrogen-bond acceptors (Lipinski definition) is 3. The number of nitrogens with one attached hydrogen (secondary N) is 1. The van der Waals surface area contributed by atoms with Crippen LogP contribution in [0.15, 0.2) is 36.4 Å². The molecular formula is C15H8ClFN2O3. The summed E-state index contributed by atoms with van der Waals surface area (Å²) >= 11 is 5.82. The number of rotatable bonds is 2. The summed E-state index contributed by atoms with van der Waals surface area (Å²) in [5.41, 5.74) is 1.40. The standard InChI is InChI=1S/C15H8ClFN2O3/c16-12-7-13-10(6-14(12)19(21)22)11(15(20)18-13)5-8-1-3-9(17)4-2-8/h1-7H,(H,18,20)/b11-5+. The molecule has 0 bridgehead atoms. The highest BCUT2D eigenvalue weighted by Gasteiger charge is 2.28. The number of amides is 1. The fraction of sp³-hybridized carbons (Fsp3) is 0. The molecular weight excluding hydrogens is 311 g/mol. The van der Waals surface area contributed by atoms with Crippen LogP contribution >= 0.6 is 11.6 Å². The van der Waals surface area contributed by atoms with Gasteiger partial charge < -0.3 is 5.32 Å². The zero-order valence-electron chi connectivity index (χ0n) is 11.0. The van der Waals surface area contributed by atoms with Gasteiger partial charge in [0.2, 0.25) is 0 Å². The number of carbonyl (C=O) groups is 1. The van der Waals surface area contributed by atoms with Crippen molar-refractivity contribution in [2.45, 2.75) is 0 Å². The Hall–Kier alpha value is -2.73. The summed E-state index contributed by atoms with van der Waals surface area (Å²) in [6.07, 6.45) is 1.54. The first-order valence-corrected chi connectivity index (χ1v) is 6.60. The van der Waals surface area contributed by atoms with Gasteiger partial charge in [0.1, 0.15) is 10.8 Å². The summed E-state index contributed by atoms with van der Waals surface area (Å²) in [5.74, 6) is -0.781. The van der Waals surface area contributed by atoms with Gasteiger partial charge in [0.25, 0.3) is 11.6 Å². The van der Waals surface area contributed by atoms with Crippen molar-refractivity contribution in [1.29, 1.82) is 0 Å². The maximum atomic E-state index is 12.9. The summed E-state index contributed by atoms with van der Waals surface area (Å²) in [7, 11) is 0. The second-order valence-electron chi connectivity index (χ2n) is 4.67. The van der Waals surface area contributed by atoms with Crippen molar-refractivity contribution in [2.24, 2.45) is 0 Å². The summed E-state index contributed by atoms with van der Waals surface area (Å²) in [6.45, 7) is 0. The van der Waals surface area contributed by atoms with Gasteiger partial charge in [-0.25, -0.2) is 4.39 Å². The van der Waals surface area contributed by atoms with Gasteiger partial charge in [0.05, 0.1) is 10.6 Å². The van der Waals surface area contributed by atoms with Crippen LogP contribution in [0.3, 0.4) is 0 Å².